The minimum atomic E-state index is -4.32. The molecule has 0 fully saturated rings. The molecular formula is C13H13F3N2S. The molecule has 0 aliphatic rings. The molecule has 0 unspecified atom stereocenters. The predicted octanol–water partition coefficient (Wildman–Crippen LogP) is 3.64. The summed E-state index contributed by atoms with van der Waals surface area (Å²) in [5, 5.41) is 4.84. The molecule has 1 aromatic heterocycles. The molecule has 0 spiro atoms. The van der Waals surface area contributed by atoms with Gasteiger partial charge in [0.15, 0.2) is 0 Å². The molecule has 0 atom stereocenters. The highest BCUT2D eigenvalue weighted by Crippen LogP contribution is 2.31. The van der Waals surface area contributed by atoms with Gasteiger partial charge in [-0.05, 0) is 23.1 Å². The molecule has 1 heterocycles. The van der Waals surface area contributed by atoms with Crippen LogP contribution in [0, 0.1) is 0 Å². The Kier molecular flexibility index (Phi) is 4.11. The molecule has 0 amide bonds. The molecule has 0 aliphatic carbocycles. The van der Waals surface area contributed by atoms with Gasteiger partial charge in [-0.2, -0.15) is 13.2 Å². The number of nitrogens with two attached hydrogens (primary N) is 1. The summed E-state index contributed by atoms with van der Waals surface area (Å²) in [6.45, 7) is 0.628. The second-order valence-corrected chi connectivity index (χ2v) is 5.06. The Hall–Kier alpha value is -1.53. The van der Waals surface area contributed by atoms with Gasteiger partial charge in [-0.3, -0.25) is 0 Å². The van der Waals surface area contributed by atoms with Crippen molar-refractivity contribution in [2.75, 3.05) is 5.73 Å². The molecule has 0 bridgehead atoms. The predicted molar refractivity (Wildman–Crippen MR) is 70.7 cm³/mol. The van der Waals surface area contributed by atoms with E-state index in [9.17, 15) is 13.2 Å². The Morgan fingerprint density at radius 2 is 1.84 bits per heavy atom. The van der Waals surface area contributed by atoms with Crippen LogP contribution in [0.1, 0.15) is 16.0 Å². The van der Waals surface area contributed by atoms with Crippen LogP contribution in [0.25, 0.3) is 0 Å². The van der Waals surface area contributed by atoms with Gasteiger partial charge in [0.25, 0.3) is 0 Å². The summed E-state index contributed by atoms with van der Waals surface area (Å²) >= 11 is 1.48. The number of halogens is 3. The first-order chi connectivity index (χ1) is 8.98. The maximum Gasteiger partial charge on any atom is 0.416 e. The maximum absolute atomic E-state index is 12.8. The SMILES string of the molecule is Nc1ccsc1CNCc1ccccc1C(F)(F)F. The van der Waals surface area contributed by atoms with E-state index in [0.717, 1.165) is 10.9 Å². The number of nitrogens with one attached hydrogen (secondary N) is 1. The fourth-order valence-corrected chi connectivity index (χ4v) is 2.52. The third-order valence-corrected chi connectivity index (χ3v) is 3.64. The molecule has 19 heavy (non-hydrogen) atoms. The molecule has 2 aromatic rings. The number of hydrogen-bond donors (Lipinski definition) is 2. The Labute approximate surface area is 113 Å². The highest BCUT2D eigenvalue weighted by molar-refractivity contribution is 7.10. The van der Waals surface area contributed by atoms with E-state index in [-0.39, 0.29) is 12.1 Å². The van der Waals surface area contributed by atoms with Crippen LogP contribution in [0.2, 0.25) is 0 Å². The highest BCUT2D eigenvalue weighted by Gasteiger charge is 2.32. The van der Waals surface area contributed by atoms with Crippen LogP contribution in [0.15, 0.2) is 35.7 Å². The Balaban J connectivity index is 2.02. The van der Waals surface area contributed by atoms with Crippen molar-refractivity contribution in [3.8, 4) is 0 Å². The quantitative estimate of drug-likeness (QED) is 0.900. The number of benzene rings is 1. The summed E-state index contributed by atoms with van der Waals surface area (Å²) < 4.78 is 38.3. The number of alkyl halides is 3. The van der Waals surface area contributed by atoms with Crippen molar-refractivity contribution in [1.29, 1.82) is 0 Å². The van der Waals surface area contributed by atoms with E-state index < -0.39 is 11.7 Å². The van der Waals surface area contributed by atoms with E-state index >= 15 is 0 Å². The second kappa shape index (κ2) is 5.63. The highest BCUT2D eigenvalue weighted by atomic mass is 32.1. The summed E-state index contributed by atoms with van der Waals surface area (Å²) in [4.78, 5) is 0.935. The average Bonchev–Trinajstić information content (AvgIpc) is 2.75. The van der Waals surface area contributed by atoms with E-state index in [1.165, 1.54) is 23.5 Å². The summed E-state index contributed by atoms with van der Waals surface area (Å²) in [7, 11) is 0. The normalized spacial score (nSPS) is 11.7. The number of thiophene rings is 1. The lowest BCUT2D eigenvalue weighted by Gasteiger charge is -2.13. The average molecular weight is 286 g/mol. The van der Waals surface area contributed by atoms with Gasteiger partial charge < -0.3 is 11.1 Å². The van der Waals surface area contributed by atoms with Gasteiger partial charge in [-0.15, -0.1) is 11.3 Å². The fraction of sp³-hybridized carbons (Fsp3) is 0.231. The van der Waals surface area contributed by atoms with E-state index in [1.807, 2.05) is 5.38 Å². The molecule has 1 aromatic carbocycles. The maximum atomic E-state index is 12.8. The minimum Gasteiger partial charge on any atom is -0.398 e. The zero-order valence-electron chi connectivity index (χ0n) is 10.00. The fourth-order valence-electron chi connectivity index (χ4n) is 1.76. The molecule has 0 aliphatic heterocycles. The molecule has 6 heteroatoms. The van der Waals surface area contributed by atoms with E-state index in [1.54, 1.807) is 12.1 Å². The van der Waals surface area contributed by atoms with Crippen LogP contribution < -0.4 is 11.1 Å². The van der Waals surface area contributed by atoms with E-state index in [2.05, 4.69) is 5.32 Å². The van der Waals surface area contributed by atoms with Crippen molar-refractivity contribution < 1.29 is 13.2 Å². The van der Waals surface area contributed by atoms with Gasteiger partial charge >= 0.3 is 6.18 Å². The van der Waals surface area contributed by atoms with Crippen LogP contribution in [-0.4, -0.2) is 0 Å². The zero-order valence-corrected chi connectivity index (χ0v) is 10.8. The zero-order chi connectivity index (χ0) is 13.9. The third kappa shape index (κ3) is 3.48. The first-order valence-corrected chi connectivity index (χ1v) is 6.54. The summed E-state index contributed by atoms with van der Waals surface area (Å²) in [6, 6.07) is 7.35. The Morgan fingerprint density at radius 3 is 2.47 bits per heavy atom. The van der Waals surface area contributed by atoms with Crippen molar-refractivity contribution in [1.82, 2.24) is 5.32 Å². The van der Waals surface area contributed by atoms with Gasteiger partial charge in [0.1, 0.15) is 0 Å². The molecular weight excluding hydrogens is 273 g/mol. The van der Waals surface area contributed by atoms with Crippen molar-refractivity contribution in [2.24, 2.45) is 0 Å². The summed E-state index contributed by atoms with van der Waals surface area (Å²) in [5.41, 5.74) is 6.02. The summed E-state index contributed by atoms with van der Waals surface area (Å²) in [5.74, 6) is 0. The molecule has 0 radical (unpaired) electrons. The van der Waals surface area contributed by atoms with E-state index in [4.69, 9.17) is 5.73 Å². The Bertz CT molecular complexity index is 549. The molecule has 2 nitrogen and oxygen atoms in total. The van der Waals surface area contributed by atoms with Crippen molar-refractivity contribution in [2.45, 2.75) is 19.3 Å². The number of nitrogen functional groups attached to an aromatic ring is 1. The molecule has 0 saturated carbocycles. The van der Waals surface area contributed by atoms with Crippen LogP contribution in [0.5, 0.6) is 0 Å². The van der Waals surface area contributed by atoms with Crippen molar-refractivity contribution in [3.05, 3.63) is 51.7 Å². The first-order valence-electron chi connectivity index (χ1n) is 5.66. The number of anilines is 1. The van der Waals surface area contributed by atoms with Crippen molar-refractivity contribution >= 4 is 17.0 Å². The minimum absolute atomic E-state index is 0.160. The lowest BCUT2D eigenvalue weighted by Crippen LogP contribution is -2.17. The number of hydrogen-bond acceptors (Lipinski definition) is 3. The van der Waals surface area contributed by atoms with Gasteiger partial charge in [0.2, 0.25) is 0 Å². The lowest BCUT2D eigenvalue weighted by atomic mass is 10.1. The van der Waals surface area contributed by atoms with Crippen LogP contribution in [0.4, 0.5) is 18.9 Å². The standard InChI is InChI=1S/C13H13F3N2S/c14-13(15,16)10-4-2-1-3-9(10)7-18-8-12-11(17)5-6-19-12/h1-6,18H,7-8,17H2. The van der Waals surface area contributed by atoms with Crippen LogP contribution in [-0.2, 0) is 19.3 Å². The van der Waals surface area contributed by atoms with Gasteiger partial charge in [0, 0.05) is 23.7 Å². The molecule has 102 valence electrons. The smallest absolute Gasteiger partial charge is 0.398 e. The van der Waals surface area contributed by atoms with Crippen molar-refractivity contribution in [3.63, 3.8) is 0 Å². The third-order valence-electron chi connectivity index (χ3n) is 2.70. The van der Waals surface area contributed by atoms with Crippen LogP contribution in [0.3, 0.4) is 0 Å². The van der Waals surface area contributed by atoms with E-state index in [0.29, 0.717) is 12.2 Å². The monoisotopic (exact) mass is 286 g/mol. The second-order valence-electron chi connectivity index (χ2n) is 4.06. The van der Waals surface area contributed by atoms with Gasteiger partial charge in [-0.25, -0.2) is 0 Å². The topological polar surface area (TPSA) is 38.0 Å². The lowest BCUT2D eigenvalue weighted by molar-refractivity contribution is -0.138. The molecule has 2 rings (SSSR count). The Morgan fingerprint density at radius 1 is 1.11 bits per heavy atom. The van der Waals surface area contributed by atoms with Gasteiger partial charge in [0.05, 0.1) is 5.56 Å². The van der Waals surface area contributed by atoms with Gasteiger partial charge in [-0.1, -0.05) is 18.2 Å². The summed E-state index contributed by atoms with van der Waals surface area (Å²) in [6.07, 6.45) is -4.32. The largest absolute Gasteiger partial charge is 0.416 e. The molecule has 0 saturated heterocycles. The first kappa shape index (κ1) is 13.9. The molecule has 3 N–H and O–H groups in total. The van der Waals surface area contributed by atoms with Crippen LogP contribution >= 0.6 is 11.3 Å². The number of rotatable bonds is 4.